The molecule has 1 aliphatic heterocycles. The molecule has 1 unspecified atom stereocenters. The topological polar surface area (TPSA) is 46.2 Å². The Morgan fingerprint density at radius 2 is 2.19 bits per heavy atom. The summed E-state index contributed by atoms with van der Waals surface area (Å²) in [5.74, 6) is -0.157. The predicted molar refractivity (Wildman–Crippen MR) is 83.3 cm³/mol. The number of sulfone groups is 1. The lowest BCUT2D eigenvalue weighted by Crippen LogP contribution is -2.29. The van der Waals surface area contributed by atoms with Gasteiger partial charge in [-0.25, -0.2) is 12.8 Å². The van der Waals surface area contributed by atoms with E-state index in [0.29, 0.717) is 12.1 Å². The Balaban J connectivity index is 1.72. The highest BCUT2D eigenvalue weighted by Crippen LogP contribution is 2.28. The monoisotopic (exact) mass is 323 g/mol. The van der Waals surface area contributed by atoms with Gasteiger partial charge in [0.05, 0.1) is 5.75 Å². The van der Waals surface area contributed by atoms with E-state index in [4.69, 9.17) is 0 Å². The Hall–Kier alpha value is -1.50. The van der Waals surface area contributed by atoms with Gasteiger partial charge >= 0.3 is 0 Å². The molecule has 1 aromatic heterocycles. The fraction of sp³-hybridized carbons (Fsp3) is 0.200. The third kappa shape index (κ3) is 3.40. The second-order valence-electron chi connectivity index (χ2n) is 4.94. The second kappa shape index (κ2) is 5.71. The van der Waals surface area contributed by atoms with Crippen molar-refractivity contribution in [2.24, 2.45) is 0 Å². The molecule has 1 aliphatic rings. The largest absolute Gasteiger partial charge is 0.305 e. The molecular weight excluding hydrogens is 309 g/mol. The van der Waals surface area contributed by atoms with Gasteiger partial charge in [-0.15, -0.1) is 11.3 Å². The van der Waals surface area contributed by atoms with Crippen LogP contribution in [0.25, 0.3) is 10.4 Å². The lowest BCUT2D eigenvalue weighted by atomic mass is 10.1. The van der Waals surface area contributed by atoms with Crippen molar-refractivity contribution in [3.63, 3.8) is 0 Å². The van der Waals surface area contributed by atoms with Crippen LogP contribution >= 0.6 is 11.3 Å². The van der Waals surface area contributed by atoms with Gasteiger partial charge in [-0.05, 0) is 29.1 Å². The van der Waals surface area contributed by atoms with Gasteiger partial charge in [-0.3, -0.25) is 0 Å². The van der Waals surface area contributed by atoms with Crippen molar-refractivity contribution in [1.82, 2.24) is 5.32 Å². The predicted octanol–water partition coefficient (Wildman–Crippen LogP) is 2.95. The standard InChI is InChI=1S/C15H14FNO2S2/c16-14-4-3-11(8-13(14)15-2-1-6-20-15)9-17-12-5-7-21(18,19)10-12/h1-8,12,17H,9-10H2. The first-order chi connectivity index (χ1) is 10.0. The van der Waals surface area contributed by atoms with Crippen LogP contribution < -0.4 is 5.32 Å². The van der Waals surface area contributed by atoms with Crippen LogP contribution in [0.3, 0.4) is 0 Å². The van der Waals surface area contributed by atoms with Crippen LogP contribution in [0.5, 0.6) is 0 Å². The smallest absolute Gasteiger partial charge is 0.173 e. The lowest BCUT2D eigenvalue weighted by molar-refractivity contribution is 0.590. The van der Waals surface area contributed by atoms with Gasteiger partial charge in [0.15, 0.2) is 9.84 Å². The molecular formula is C15H14FNO2S2. The van der Waals surface area contributed by atoms with E-state index < -0.39 is 9.84 Å². The maximum atomic E-state index is 13.9. The van der Waals surface area contributed by atoms with Crippen molar-refractivity contribution in [3.8, 4) is 10.4 Å². The van der Waals surface area contributed by atoms with Gasteiger partial charge in [-0.2, -0.15) is 0 Å². The molecule has 0 saturated carbocycles. The fourth-order valence-corrected chi connectivity index (χ4v) is 4.27. The van der Waals surface area contributed by atoms with Crippen LogP contribution in [-0.4, -0.2) is 20.2 Å². The molecule has 110 valence electrons. The number of rotatable bonds is 4. The van der Waals surface area contributed by atoms with Crippen molar-refractivity contribution in [2.75, 3.05) is 5.75 Å². The summed E-state index contributed by atoms with van der Waals surface area (Å²) in [7, 11) is -3.05. The first kappa shape index (κ1) is 14.4. The Kier molecular flexibility index (Phi) is 3.93. The van der Waals surface area contributed by atoms with Crippen LogP contribution in [0.2, 0.25) is 0 Å². The van der Waals surface area contributed by atoms with Crippen LogP contribution in [0, 0.1) is 5.82 Å². The van der Waals surface area contributed by atoms with Crippen molar-refractivity contribution in [3.05, 3.63) is 58.6 Å². The van der Waals surface area contributed by atoms with Gasteiger partial charge in [0.25, 0.3) is 0 Å². The maximum absolute atomic E-state index is 13.9. The third-order valence-electron chi connectivity index (χ3n) is 3.32. The molecule has 0 aliphatic carbocycles. The summed E-state index contributed by atoms with van der Waals surface area (Å²) in [6.07, 6.45) is 1.65. The van der Waals surface area contributed by atoms with E-state index in [1.807, 2.05) is 17.5 Å². The highest BCUT2D eigenvalue weighted by molar-refractivity contribution is 7.94. The van der Waals surface area contributed by atoms with Crippen molar-refractivity contribution >= 4 is 21.2 Å². The van der Waals surface area contributed by atoms with Crippen molar-refractivity contribution < 1.29 is 12.8 Å². The van der Waals surface area contributed by atoms with E-state index in [9.17, 15) is 12.8 Å². The van der Waals surface area contributed by atoms with Crippen molar-refractivity contribution in [1.29, 1.82) is 0 Å². The zero-order valence-corrected chi connectivity index (χ0v) is 12.8. The normalized spacial score (nSPS) is 20.0. The first-order valence-corrected chi connectivity index (χ1v) is 9.10. The third-order valence-corrected chi connectivity index (χ3v) is 5.61. The van der Waals surface area contributed by atoms with Gasteiger partial charge in [-0.1, -0.05) is 18.2 Å². The molecule has 21 heavy (non-hydrogen) atoms. The lowest BCUT2D eigenvalue weighted by Gasteiger charge is -2.11. The molecule has 3 nitrogen and oxygen atoms in total. The van der Waals surface area contributed by atoms with E-state index >= 15 is 0 Å². The fourth-order valence-electron chi connectivity index (χ4n) is 2.25. The summed E-state index contributed by atoms with van der Waals surface area (Å²) in [5.41, 5.74) is 1.51. The summed E-state index contributed by atoms with van der Waals surface area (Å²) >= 11 is 1.49. The molecule has 0 spiro atoms. The zero-order valence-electron chi connectivity index (χ0n) is 11.1. The Labute approximate surface area is 127 Å². The molecule has 0 amide bonds. The molecule has 1 N–H and O–H groups in total. The van der Waals surface area contributed by atoms with Crippen LogP contribution in [0.15, 0.2) is 47.2 Å². The SMILES string of the molecule is O=S1(=O)C=CC(NCc2ccc(F)c(-c3cccs3)c2)C1. The van der Waals surface area contributed by atoms with E-state index in [0.717, 1.165) is 10.4 Å². The minimum absolute atomic E-state index is 0.0893. The van der Waals surface area contributed by atoms with E-state index in [1.54, 1.807) is 18.2 Å². The second-order valence-corrected chi connectivity index (χ2v) is 7.82. The summed E-state index contributed by atoms with van der Waals surface area (Å²) in [6, 6.07) is 8.57. The molecule has 1 aromatic carbocycles. The molecule has 6 heteroatoms. The molecule has 0 radical (unpaired) electrons. The molecule has 1 atom stereocenters. The molecule has 0 bridgehead atoms. The Morgan fingerprint density at radius 3 is 2.86 bits per heavy atom. The van der Waals surface area contributed by atoms with Crippen LogP contribution in [0.4, 0.5) is 4.39 Å². The quantitative estimate of drug-likeness (QED) is 0.941. The molecule has 2 aromatic rings. The maximum Gasteiger partial charge on any atom is 0.173 e. The molecule has 3 rings (SSSR count). The Morgan fingerprint density at radius 1 is 1.33 bits per heavy atom. The van der Waals surface area contributed by atoms with Crippen molar-refractivity contribution in [2.45, 2.75) is 12.6 Å². The average Bonchev–Trinajstić information content (AvgIpc) is 3.07. The zero-order chi connectivity index (χ0) is 14.9. The summed E-state index contributed by atoms with van der Waals surface area (Å²) in [5, 5.41) is 6.31. The molecule has 0 saturated heterocycles. The Bertz CT molecular complexity index is 767. The van der Waals surface area contributed by atoms with E-state index in [2.05, 4.69) is 5.32 Å². The number of nitrogens with one attached hydrogen (secondary N) is 1. The highest BCUT2D eigenvalue weighted by Gasteiger charge is 2.20. The molecule has 0 fully saturated rings. The van der Waals surface area contributed by atoms with Crippen LogP contribution in [0.1, 0.15) is 5.56 Å². The average molecular weight is 323 g/mol. The highest BCUT2D eigenvalue weighted by atomic mass is 32.2. The number of hydrogen-bond acceptors (Lipinski definition) is 4. The van der Waals surface area contributed by atoms with Gasteiger partial charge < -0.3 is 5.32 Å². The number of hydrogen-bond donors (Lipinski definition) is 1. The number of thiophene rings is 1. The summed E-state index contributed by atoms with van der Waals surface area (Å²) in [6.45, 7) is 0.503. The number of benzene rings is 1. The minimum Gasteiger partial charge on any atom is -0.305 e. The van der Waals surface area contributed by atoms with Gasteiger partial charge in [0, 0.05) is 28.4 Å². The van der Waals surface area contributed by atoms with E-state index in [-0.39, 0.29) is 17.6 Å². The summed E-state index contributed by atoms with van der Waals surface area (Å²) in [4.78, 5) is 0.887. The van der Waals surface area contributed by atoms with Gasteiger partial charge in [0.2, 0.25) is 0 Å². The minimum atomic E-state index is -3.05. The van der Waals surface area contributed by atoms with Crippen LogP contribution in [-0.2, 0) is 16.4 Å². The number of halogens is 1. The first-order valence-electron chi connectivity index (χ1n) is 6.50. The summed E-state index contributed by atoms with van der Waals surface area (Å²) < 4.78 is 36.5. The van der Waals surface area contributed by atoms with E-state index in [1.165, 1.54) is 22.8 Å². The van der Waals surface area contributed by atoms with Gasteiger partial charge in [0.1, 0.15) is 5.82 Å². The molecule has 2 heterocycles.